The van der Waals surface area contributed by atoms with Crippen LogP contribution in [0.5, 0.6) is 0 Å². The Labute approximate surface area is 112 Å². The van der Waals surface area contributed by atoms with Crippen molar-refractivity contribution in [3.63, 3.8) is 0 Å². The van der Waals surface area contributed by atoms with Crippen LogP contribution < -0.4 is 5.32 Å². The molecule has 2 heterocycles. The highest BCUT2D eigenvalue weighted by atomic mass is 16.2. The molecule has 1 amide bonds. The van der Waals surface area contributed by atoms with E-state index in [4.69, 9.17) is 5.26 Å². The lowest BCUT2D eigenvalue weighted by molar-refractivity contribution is -0.131. The number of hydrogen-bond acceptors (Lipinski definition) is 5. The number of carbonyl (C=O) groups is 1. The Morgan fingerprint density at radius 1 is 1.32 bits per heavy atom. The van der Waals surface area contributed by atoms with E-state index in [-0.39, 0.29) is 11.6 Å². The van der Waals surface area contributed by atoms with Crippen molar-refractivity contribution in [2.45, 2.75) is 25.7 Å². The first-order chi connectivity index (χ1) is 9.29. The molecule has 19 heavy (non-hydrogen) atoms. The standard InChI is InChI=1S/C13H17N5O/c14-8-11-9-17-12(10-16-11)15-5-4-13(19)18-6-2-1-3-7-18/h9-10H,1-7H2,(H,15,17). The SMILES string of the molecule is N#Cc1cnc(NCCC(=O)N2CCCCC2)cn1. The number of nitrogens with one attached hydrogen (secondary N) is 1. The summed E-state index contributed by atoms with van der Waals surface area (Å²) >= 11 is 0. The van der Waals surface area contributed by atoms with Gasteiger partial charge < -0.3 is 10.2 Å². The minimum Gasteiger partial charge on any atom is -0.368 e. The number of nitrogens with zero attached hydrogens (tertiary/aromatic N) is 4. The molecular weight excluding hydrogens is 242 g/mol. The maximum absolute atomic E-state index is 11.9. The molecule has 100 valence electrons. The van der Waals surface area contributed by atoms with Crippen LogP contribution in [0.1, 0.15) is 31.4 Å². The van der Waals surface area contributed by atoms with E-state index in [1.54, 1.807) is 0 Å². The molecule has 1 aromatic heterocycles. The number of rotatable bonds is 4. The summed E-state index contributed by atoms with van der Waals surface area (Å²) in [5.74, 6) is 0.777. The van der Waals surface area contributed by atoms with Gasteiger partial charge in [-0.1, -0.05) is 0 Å². The maximum Gasteiger partial charge on any atom is 0.224 e. The predicted molar refractivity (Wildman–Crippen MR) is 70.3 cm³/mol. The number of aromatic nitrogens is 2. The van der Waals surface area contributed by atoms with Crippen molar-refractivity contribution in [1.29, 1.82) is 5.26 Å². The molecule has 6 nitrogen and oxygen atoms in total. The lowest BCUT2D eigenvalue weighted by Gasteiger charge is -2.26. The van der Waals surface area contributed by atoms with Gasteiger partial charge in [0.15, 0.2) is 5.69 Å². The van der Waals surface area contributed by atoms with Gasteiger partial charge in [0.1, 0.15) is 11.9 Å². The van der Waals surface area contributed by atoms with Crippen LogP contribution in [0.3, 0.4) is 0 Å². The van der Waals surface area contributed by atoms with Crippen molar-refractivity contribution in [1.82, 2.24) is 14.9 Å². The first-order valence-electron chi connectivity index (χ1n) is 6.53. The Morgan fingerprint density at radius 2 is 2.11 bits per heavy atom. The summed E-state index contributed by atoms with van der Waals surface area (Å²) in [4.78, 5) is 21.8. The molecule has 2 rings (SSSR count). The second kappa shape index (κ2) is 6.69. The number of piperidine rings is 1. The molecule has 1 N–H and O–H groups in total. The lowest BCUT2D eigenvalue weighted by Crippen LogP contribution is -2.36. The molecule has 1 aliphatic heterocycles. The number of nitriles is 1. The average molecular weight is 259 g/mol. The molecular formula is C13H17N5O. The number of carbonyl (C=O) groups excluding carboxylic acids is 1. The molecule has 1 fully saturated rings. The zero-order valence-electron chi connectivity index (χ0n) is 10.8. The topological polar surface area (TPSA) is 81.9 Å². The van der Waals surface area contributed by atoms with Crippen LogP contribution in [0.25, 0.3) is 0 Å². The molecule has 0 bridgehead atoms. The predicted octanol–water partition coefficient (Wildman–Crippen LogP) is 1.16. The number of likely N-dealkylation sites (tertiary alicyclic amines) is 1. The summed E-state index contributed by atoms with van der Waals surface area (Å²) < 4.78 is 0. The highest BCUT2D eigenvalue weighted by Gasteiger charge is 2.15. The van der Waals surface area contributed by atoms with Gasteiger partial charge in [0.25, 0.3) is 0 Å². The first kappa shape index (κ1) is 13.3. The van der Waals surface area contributed by atoms with E-state index < -0.39 is 0 Å². The number of anilines is 1. The fourth-order valence-electron chi connectivity index (χ4n) is 2.08. The quantitative estimate of drug-likeness (QED) is 0.877. The normalized spacial score (nSPS) is 14.8. The zero-order chi connectivity index (χ0) is 13.5. The molecule has 0 radical (unpaired) electrons. The molecule has 0 unspecified atom stereocenters. The summed E-state index contributed by atoms with van der Waals surface area (Å²) in [6, 6.07) is 1.91. The van der Waals surface area contributed by atoms with E-state index in [9.17, 15) is 4.79 Å². The average Bonchev–Trinajstić information content (AvgIpc) is 2.49. The van der Waals surface area contributed by atoms with Crippen molar-refractivity contribution in [2.24, 2.45) is 0 Å². The highest BCUT2D eigenvalue weighted by molar-refractivity contribution is 5.76. The van der Waals surface area contributed by atoms with Gasteiger partial charge in [-0.05, 0) is 19.3 Å². The van der Waals surface area contributed by atoms with Crippen molar-refractivity contribution in [2.75, 3.05) is 25.0 Å². The summed E-state index contributed by atoms with van der Waals surface area (Å²) in [5.41, 5.74) is 0.287. The maximum atomic E-state index is 11.9. The van der Waals surface area contributed by atoms with Gasteiger partial charge in [0.05, 0.1) is 12.4 Å². The second-order valence-electron chi connectivity index (χ2n) is 4.52. The third-order valence-electron chi connectivity index (χ3n) is 3.12. The van der Waals surface area contributed by atoms with E-state index in [1.165, 1.54) is 18.8 Å². The molecule has 1 saturated heterocycles. The summed E-state index contributed by atoms with van der Waals surface area (Å²) in [5, 5.41) is 11.6. The molecule has 1 aromatic rings. The fourth-order valence-corrected chi connectivity index (χ4v) is 2.08. The molecule has 0 aromatic carbocycles. The van der Waals surface area contributed by atoms with Gasteiger partial charge >= 0.3 is 0 Å². The van der Waals surface area contributed by atoms with Crippen LogP contribution >= 0.6 is 0 Å². The summed E-state index contributed by atoms with van der Waals surface area (Å²) in [7, 11) is 0. The largest absolute Gasteiger partial charge is 0.368 e. The van der Waals surface area contributed by atoms with Crippen LogP contribution in [0.4, 0.5) is 5.82 Å². The Kier molecular flexibility index (Phi) is 4.67. The van der Waals surface area contributed by atoms with E-state index in [2.05, 4.69) is 15.3 Å². The van der Waals surface area contributed by atoms with Crippen LogP contribution in [0, 0.1) is 11.3 Å². The van der Waals surface area contributed by atoms with Crippen LogP contribution in [-0.2, 0) is 4.79 Å². The first-order valence-corrected chi connectivity index (χ1v) is 6.53. The zero-order valence-corrected chi connectivity index (χ0v) is 10.8. The highest BCUT2D eigenvalue weighted by Crippen LogP contribution is 2.10. The van der Waals surface area contributed by atoms with Gasteiger partial charge in [-0.2, -0.15) is 5.26 Å². The summed E-state index contributed by atoms with van der Waals surface area (Å²) in [6.45, 7) is 2.31. The van der Waals surface area contributed by atoms with Gasteiger partial charge in [-0.3, -0.25) is 4.79 Å². The summed E-state index contributed by atoms with van der Waals surface area (Å²) in [6.07, 6.45) is 6.82. The van der Waals surface area contributed by atoms with Crippen molar-refractivity contribution in [3.8, 4) is 6.07 Å². The fraction of sp³-hybridized carbons (Fsp3) is 0.538. The molecule has 1 aliphatic rings. The van der Waals surface area contributed by atoms with Crippen LogP contribution in [0.15, 0.2) is 12.4 Å². The minimum absolute atomic E-state index is 0.189. The second-order valence-corrected chi connectivity index (χ2v) is 4.52. The van der Waals surface area contributed by atoms with Crippen LogP contribution in [-0.4, -0.2) is 40.4 Å². The van der Waals surface area contributed by atoms with Crippen molar-refractivity contribution < 1.29 is 4.79 Å². The molecule has 0 atom stereocenters. The molecule has 0 saturated carbocycles. The Morgan fingerprint density at radius 3 is 2.74 bits per heavy atom. The van der Waals surface area contributed by atoms with E-state index in [0.717, 1.165) is 25.9 Å². The smallest absolute Gasteiger partial charge is 0.224 e. The van der Waals surface area contributed by atoms with Gasteiger partial charge in [0, 0.05) is 26.1 Å². The van der Waals surface area contributed by atoms with Crippen LogP contribution in [0.2, 0.25) is 0 Å². The van der Waals surface area contributed by atoms with Crippen molar-refractivity contribution in [3.05, 3.63) is 18.1 Å². The van der Waals surface area contributed by atoms with Gasteiger partial charge in [0.2, 0.25) is 5.91 Å². The number of hydrogen-bond donors (Lipinski definition) is 1. The van der Waals surface area contributed by atoms with Gasteiger partial charge in [-0.25, -0.2) is 9.97 Å². The minimum atomic E-state index is 0.189. The lowest BCUT2D eigenvalue weighted by atomic mass is 10.1. The van der Waals surface area contributed by atoms with E-state index in [1.807, 2.05) is 11.0 Å². The Hall–Kier alpha value is -2.16. The van der Waals surface area contributed by atoms with E-state index in [0.29, 0.717) is 18.8 Å². The Balaban J connectivity index is 1.73. The Bertz CT molecular complexity index is 459. The molecule has 0 spiro atoms. The number of amides is 1. The molecule has 0 aliphatic carbocycles. The molecule has 6 heteroatoms. The van der Waals surface area contributed by atoms with Gasteiger partial charge in [-0.15, -0.1) is 0 Å². The third-order valence-corrected chi connectivity index (χ3v) is 3.12. The van der Waals surface area contributed by atoms with Crippen molar-refractivity contribution >= 4 is 11.7 Å². The third kappa shape index (κ3) is 3.91. The monoisotopic (exact) mass is 259 g/mol. The van der Waals surface area contributed by atoms with E-state index >= 15 is 0 Å².